The van der Waals surface area contributed by atoms with Gasteiger partial charge in [-0.3, -0.25) is 4.90 Å². The standard InChI is InChI=1S/C15H22BrNO3/c1-15(2)11-19-8-7-17(15)9-12(18)10-20-14-6-4-3-5-13(14)16/h3-6,12,18H,7-11H2,1-2H3. The van der Waals surface area contributed by atoms with Crippen molar-refractivity contribution < 1.29 is 14.6 Å². The zero-order valence-electron chi connectivity index (χ0n) is 12.0. The zero-order valence-corrected chi connectivity index (χ0v) is 13.6. The van der Waals surface area contributed by atoms with Crippen molar-refractivity contribution >= 4 is 15.9 Å². The molecule has 0 saturated carbocycles. The Hall–Kier alpha value is -0.620. The summed E-state index contributed by atoms with van der Waals surface area (Å²) < 4.78 is 12.0. The van der Waals surface area contributed by atoms with Gasteiger partial charge in [-0.1, -0.05) is 12.1 Å². The summed E-state index contributed by atoms with van der Waals surface area (Å²) >= 11 is 3.43. The van der Waals surface area contributed by atoms with Gasteiger partial charge >= 0.3 is 0 Å². The van der Waals surface area contributed by atoms with E-state index in [0.29, 0.717) is 13.2 Å². The number of ether oxygens (including phenoxy) is 2. The van der Waals surface area contributed by atoms with E-state index >= 15 is 0 Å². The van der Waals surface area contributed by atoms with Crippen LogP contribution in [0.5, 0.6) is 5.75 Å². The number of aliphatic hydroxyl groups excluding tert-OH is 1. The second-order valence-corrected chi connectivity index (χ2v) is 6.56. The first-order chi connectivity index (χ1) is 9.49. The van der Waals surface area contributed by atoms with Gasteiger partial charge in [-0.25, -0.2) is 0 Å². The quantitative estimate of drug-likeness (QED) is 0.890. The number of halogens is 1. The van der Waals surface area contributed by atoms with Crippen LogP contribution in [0.1, 0.15) is 13.8 Å². The minimum Gasteiger partial charge on any atom is -0.490 e. The molecule has 5 heteroatoms. The molecule has 1 saturated heterocycles. The molecule has 1 aliphatic rings. The van der Waals surface area contributed by atoms with Crippen LogP contribution in [0.15, 0.2) is 28.7 Å². The van der Waals surface area contributed by atoms with Crippen molar-refractivity contribution in [3.8, 4) is 5.75 Å². The Balaban J connectivity index is 1.83. The Morgan fingerprint density at radius 1 is 1.45 bits per heavy atom. The van der Waals surface area contributed by atoms with E-state index in [4.69, 9.17) is 9.47 Å². The first-order valence-corrected chi connectivity index (χ1v) is 7.66. The smallest absolute Gasteiger partial charge is 0.133 e. The average molecular weight is 344 g/mol. The van der Waals surface area contributed by atoms with Crippen LogP contribution in [0, 0.1) is 0 Å². The molecule has 0 amide bonds. The third-order valence-electron chi connectivity index (χ3n) is 3.52. The Morgan fingerprint density at radius 3 is 2.90 bits per heavy atom. The fraction of sp³-hybridized carbons (Fsp3) is 0.600. The van der Waals surface area contributed by atoms with Gasteiger partial charge in [0, 0.05) is 18.6 Å². The first kappa shape index (κ1) is 15.8. The monoisotopic (exact) mass is 343 g/mol. The van der Waals surface area contributed by atoms with Crippen LogP contribution in [0.2, 0.25) is 0 Å². The van der Waals surface area contributed by atoms with Crippen molar-refractivity contribution in [2.75, 3.05) is 32.9 Å². The van der Waals surface area contributed by atoms with E-state index in [1.54, 1.807) is 0 Å². The van der Waals surface area contributed by atoms with Crippen molar-refractivity contribution in [3.05, 3.63) is 28.7 Å². The number of aliphatic hydroxyl groups is 1. The molecular weight excluding hydrogens is 322 g/mol. The van der Waals surface area contributed by atoms with E-state index in [0.717, 1.165) is 23.4 Å². The van der Waals surface area contributed by atoms with Crippen molar-refractivity contribution in [1.29, 1.82) is 0 Å². The SMILES string of the molecule is CC1(C)COCCN1CC(O)COc1ccccc1Br. The molecule has 1 unspecified atom stereocenters. The van der Waals surface area contributed by atoms with Crippen LogP contribution in [0.25, 0.3) is 0 Å². The zero-order chi connectivity index (χ0) is 14.6. The lowest BCUT2D eigenvalue weighted by molar-refractivity contribution is -0.0703. The largest absolute Gasteiger partial charge is 0.490 e. The van der Waals surface area contributed by atoms with Gasteiger partial charge in [-0.2, -0.15) is 0 Å². The van der Waals surface area contributed by atoms with Crippen LogP contribution < -0.4 is 4.74 Å². The maximum absolute atomic E-state index is 10.2. The lowest BCUT2D eigenvalue weighted by Gasteiger charge is -2.42. The number of nitrogens with zero attached hydrogens (tertiary/aromatic N) is 1. The molecule has 1 aromatic rings. The highest BCUT2D eigenvalue weighted by atomic mass is 79.9. The van der Waals surface area contributed by atoms with Gasteiger partial charge in [0.25, 0.3) is 0 Å². The Bertz CT molecular complexity index is 439. The highest BCUT2D eigenvalue weighted by Crippen LogP contribution is 2.24. The first-order valence-electron chi connectivity index (χ1n) is 6.87. The van der Waals surface area contributed by atoms with Gasteiger partial charge < -0.3 is 14.6 Å². The molecule has 1 heterocycles. The molecule has 1 N–H and O–H groups in total. The second kappa shape index (κ2) is 6.89. The van der Waals surface area contributed by atoms with Gasteiger partial charge in [-0.15, -0.1) is 0 Å². The summed E-state index contributed by atoms with van der Waals surface area (Å²) in [5.41, 5.74) is -0.0352. The summed E-state index contributed by atoms with van der Waals surface area (Å²) in [6.45, 7) is 7.42. The molecule has 0 radical (unpaired) electrons. The molecule has 1 aromatic carbocycles. The highest BCUT2D eigenvalue weighted by molar-refractivity contribution is 9.10. The van der Waals surface area contributed by atoms with E-state index in [1.165, 1.54) is 0 Å². The topological polar surface area (TPSA) is 41.9 Å². The summed E-state index contributed by atoms with van der Waals surface area (Å²) in [5.74, 6) is 0.757. The van der Waals surface area contributed by atoms with Crippen molar-refractivity contribution in [1.82, 2.24) is 4.90 Å². The van der Waals surface area contributed by atoms with Crippen molar-refractivity contribution in [2.24, 2.45) is 0 Å². The highest BCUT2D eigenvalue weighted by Gasteiger charge is 2.31. The maximum atomic E-state index is 10.2. The van der Waals surface area contributed by atoms with Crippen LogP contribution in [-0.4, -0.2) is 54.6 Å². The second-order valence-electron chi connectivity index (χ2n) is 5.71. The van der Waals surface area contributed by atoms with Gasteiger partial charge in [-0.05, 0) is 41.9 Å². The molecule has 112 valence electrons. The molecule has 1 atom stereocenters. The summed E-state index contributed by atoms with van der Waals surface area (Å²) in [4.78, 5) is 2.25. The number of β-amino-alcohol motifs (C(OH)–C–C–N with tert-alkyl or cyclic N) is 1. The van der Waals surface area contributed by atoms with Crippen LogP contribution in [-0.2, 0) is 4.74 Å². The summed E-state index contributed by atoms with van der Waals surface area (Å²) in [7, 11) is 0. The maximum Gasteiger partial charge on any atom is 0.133 e. The van der Waals surface area contributed by atoms with Gasteiger partial charge in [0.15, 0.2) is 0 Å². The normalized spacial score (nSPS) is 20.6. The fourth-order valence-electron chi connectivity index (χ4n) is 2.28. The molecule has 0 spiro atoms. The third kappa shape index (κ3) is 4.19. The van der Waals surface area contributed by atoms with Crippen LogP contribution in [0.4, 0.5) is 0 Å². The summed E-state index contributed by atoms with van der Waals surface area (Å²) in [6, 6.07) is 7.66. The molecule has 0 bridgehead atoms. The molecule has 1 fully saturated rings. The molecule has 4 nitrogen and oxygen atoms in total. The van der Waals surface area contributed by atoms with E-state index in [-0.39, 0.29) is 12.1 Å². The Morgan fingerprint density at radius 2 is 2.20 bits per heavy atom. The predicted molar refractivity (Wildman–Crippen MR) is 82.1 cm³/mol. The molecule has 0 aliphatic carbocycles. The van der Waals surface area contributed by atoms with Crippen LogP contribution >= 0.6 is 15.9 Å². The average Bonchev–Trinajstić information content (AvgIpc) is 2.40. The molecule has 0 aromatic heterocycles. The van der Waals surface area contributed by atoms with Gasteiger partial charge in [0.05, 0.1) is 17.7 Å². The number of hydrogen-bond donors (Lipinski definition) is 1. The molecule has 2 rings (SSSR count). The minimum atomic E-state index is -0.514. The molecule has 1 aliphatic heterocycles. The van der Waals surface area contributed by atoms with Gasteiger partial charge in [0.1, 0.15) is 18.5 Å². The lowest BCUT2D eigenvalue weighted by atomic mass is 10.0. The fourth-order valence-corrected chi connectivity index (χ4v) is 2.68. The summed E-state index contributed by atoms with van der Waals surface area (Å²) in [6.07, 6.45) is -0.514. The van der Waals surface area contributed by atoms with E-state index in [9.17, 15) is 5.11 Å². The Kier molecular flexibility index (Phi) is 5.43. The van der Waals surface area contributed by atoms with E-state index in [2.05, 4.69) is 34.7 Å². The minimum absolute atomic E-state index is 0.0352. The lowest BCUT2D eigenvalue weighted by Crippen LogP contribution is -2.55. The predicted octanol–water partition coefficient (Wildman–Crippen LogP) is 2.30. The third-order valence-corrected chi connectivity index (χ3v) is 4.17. The van der Waals surface area contributed by atoms with Gasteiger partial charge in [0.2, 0.25) is 0 Å². The Labute approximate surface area is 128 Å². The molecule has 20 heavy (non-hydrogen) atoms. The number of para-hydroxylation sites is 1. The number of morpholine rings is 1. The summed E-state index contributed by atoms with van der Waals surface area (Å²) in [5, 5.41) is 10.2. The number of hydrogen-bond acceptors (Lipinski definition) is 4. The van der Waals surface area contributed by atoms with Crippen molar-refractivity contribution in [2.45, 2.75) is 25.5 Å². The van der Waals surface area contributed by atoms with Crippen molar-refractivity contribution in [3.63, 3.8) is 0 Å². The molecular formula is C15H22BrNO3. The van der Waals surface area contributed by atoms with E-state index < -0.39 is 6.10 Å². The van der Waals surface area contributed by atoms with E-state index in [1.807, 2.05) is 24.3 Å². The number of rotatable bonds is 5. The number of benzene rings is 1. The van der Waals surface area contributed by atoms with Crippen LogP contribution in [0.3, 0.4) is 0 Å².